The van der Waals surface area contributed by atoms with Crippen molar-refractivity contribution in [1.82, 2.24) is 19.2 Å². The van der Waals surface area contributed by atoms with Crippen molar-refractivity contribution in [3.05, 3.63) is 84.7 Å². The number of rotatable bonds is 11. The number of sulfonamides is 1. The molecule has 188 valence electrons. The molecule has 0 aliphatic heterocycles. The third kappa shape index (κ3) is 6.37. The maximum atomic E-state index is 13.2. The topological polar surface area (TPSA) is 87.7 Å². The largest absolute Gasteiger partial charge is 0.457 e. The fourth-order valence-electron chi connectivity index (χ4n) is 3.70. The Labute approximate surface area is 212 Å². The Kier molecular flexibility index (Phi) is 8.14. The van der Waals surface area contributed by atoms with Gasteiger partial charge in [0.1, 0.15) is 23.1 Å². The van der Waals surface area contributed by atoms with Gasteiger partial charge in [-0.25, -0.2) is 18.4 Å². The monoisotopic (exact) mass is 505 g/mol. The number of para-hydroxylation sites is 2. The molecule has 0 radical (unpaired) electrons. The van der Waals surface area contributed by atoms with Crippen LogP contribution in [0, 0.1) is 0 Å². The van der Waals surface area contributed by atoms with Gasteiger partial charge in [0, 0.05) is 19.0 Å². The average Bonchev–Trinajstić information content (AvgIpc) is 2.87. The second-order valence-corrected chi connectivity index (χ2v) is 10.8. The summed E-state index contributed by atoms with van der Waals surface area (Å²) in [6, 6.07) is 23.5. The van der Waals surface area contributed by atoms with Crippen molar-refractivity contribution in [2.24, 2.45) is 0 Å². The van der Waals surface area contributed by atoms with Crippen molar-refractivity contribution < 1.29 is 13.2 Å². The molecule has 0 aliphatic carbocycles. The number of anilines is 1. The zero-order valence-corrected chi connectivity index (χ0v) is 21.6. The summed E-state index contributed by atoms with van der Waals surface area (Å²) in [7, 11) is 1.86. The smallest absolute Gasteiger partial charge is 0.243 e. The van der Waals surface area contributed by atoms with E-state index in [1.165, 1.54) is 11.4 Å². The predicted octanol–water partition coefficient (Wildman–Crippen LogP) is 4.61. The molecule has 0 spiro atoms. The van der Waals surface area contributed by atoms with E-state index in [0.29, 0.717) is 23.1 Å². The van der Waals surface area contributed by atoms with E-state index in [9.17, 15) is 8.42 Å². The first-order chi connectivity index (χ1) is 17.3. The van der Waals surface area contributed by atoms with Gasteiger partial charge in [-0.2, -0.15) is 4.31 Å². The number of nitrogens with zero attached hydrogens (tertiary/aromatic N) is 4. The maximum absolute atomic E-state index is 13.2. The number of benzene rings is 3. The molecular weight excluding hydrogens is 474 g/mol. The van der Waals surface area contributed by atoms with E-state index in [0.717, 1.165) is 30.4 Å². The summed E-state index contributed by atoms with van der Waals surface area (Å²) in [5.41, 5.74) is 0.769. The number of nitrogens with one attached hydrogen (secondary N) is 1. The van der Waals surface area contributed by atoms with Crippen molar-refractivity contribution in [2.75, 3.05) is 39.5 Å². The molecule has 1 aromatic heterocycles. The Morgan fingerprint density at radius 3 is 2.22 bits per heavy atom. The molecule has 8 nitrogen and oxygen atoms in total. The first-order valence-corrected chi connectivity index (χ1v) is 13.2. The Hall–Kier alpha value is -3.53. The van der Waals surface area contributed by atoms with Crippen molar-refractivity contribution >= 4 is 26.7 Å². The first-order valence-electron chi connectivity index (χ1n) is 11.8. The van der Waals surface area contributed by atoms with E-state index in [2.05, 4.69) is 20.2 Å². The lowest BCUT2D eigenvalue weighted by molar-refractivity contribution is 0.405. The van der Waals surface area contributed by atoms with E-state index in [1.807, 2.05) is 68.7 Å². The van der Waals surface area contributed by atoms with Gasteiger partial charge in [0.25, 0.3) is 0 Å². The highest BCUT2D eigenvalue weighted by atomic mass is 32.2. The molecule has 0 atom stereocenters. The van der Waals surface area contributed by atoms with E-state index in [4.69, 9.17) is 4.74 Å². The number of hydrogen-bond acceptors (Lipinski definition) is 7. The van der Waals surface area contributed by atoms with Crippen LogP contribution in [-0.4, -0.2) is 61.8 Å². The highest BCUT2D eigenvalue weighted by molar-refractivity contribution is 7.89. The molecule has 0 unspecified atom stereocenters. The fourth-order valence-corrected chi connectivity index (χ4v) is 4.83. The minimum absolute atomic E-state index is 0.0435. The average molecular weight is 506 g/mol. The molecule has 0 saturated heterocycles. The first kappa shape index (κ1) is 25.6. The van der Waals surface area contributed by atoms with Crippen LogP contribution in [0.25, 0.3) is 10.9 Å². The third-order valence-electron chi connectivity index (χ3n) is 5.60. The Bertz CT molecular complexity index is 1390. The highest BCUT2D eigenvalue weighted by Crippen LogP contribution is 2.25. The normalized spacial score (nSPS) is 11.8. The summed E-state index contributed by atoms with van der Waals surface area (Å²) in [6.07, 6.45) is 0.957. The SMILES string of the molecule is CN(C)CCCNc1nc(CN(C)S(=O)(=O)c2ccc(Oc3ccccc3)cc2)nc2ccccc12. The molecule has 4 aromatic rings. The Morgan fingerprint density at radius 2 is 1.50 bits per heavy atom. The van der Waals surface area contributed by atoms with Gasteiger partial charge in [-0.05, 0) is 75.6 Å². The number of aromatic nitrogens is 2. The van der Waals surface area contributed by atoms with Crippen LogP contribution < -0.4 is 10.1 Å². The second kappa shape index (κ2) is 11.5. The summed E-state index contributed by atoms with van der Waals surface area (Å²) >= 11 is 0. The quantitative estimate of drug-likeness (QED) is 0.298. The molecule has 1 heterocycles. The number of hydrogen-bond donors (Lipinski definition) is 1. The standard InChI is InChI=1S/C27H31N5O3S/c1-31(2)19-9-18-28-27-24-12-7-8-13-25(24)29-26(30-27)20-32(3)36(33,34)23-16-14-22(15-17-23)35-21-10-5-4-6-11-21/h4-8,10-17H,9,18-20H2,1-3H3,(H,28,29,30). The molecule has 1 N–H and O–H groups in total. The van der Waals surface area contributed by atoms with Gasteiger partial charge in [0.15, 0.2) is 0 Å². The zero-order chi connectivity index (χ0) is 25.5. The molecular formula is C27H31N5O3S. The van der Waals surface area contributed by atoms with Crippen LogP contribution in [0.5, 0.6) is 11.5 Å². The van der Waals surface area contributed by atoms with Gasteiger partial charge < -0.3 is 15.0 Å². The molecule has 3 aromatic carbocycles. The van der Waals surface area contributed by atoms with Gasteiger partial charge >= 0.3 is 0 Å². The molecule has 0 amide bonds. The van der Waals surface area contributed by atoms with Crippen LogP contribution in [0.3, 0.4) is 0 Å². The molecule has 36 heavy (non-hydrogen) atoms. The van der Waals surface area contributed by atoms with Crippen molar-refractivity contribution in [1.29, 1.82) is 0 Å². The van der Waals surface area contributed by atoms with Gasteiger partial charge in [0.05, 0.1) is 17.0 Å². The molecule has 4 rings (SSSR count). The van der Waals surface area contributed by atoms with E-state index >= 15 is 0 Å². The summed E-state index contributed by atoms with van der Waals surface area (Å²) in [4.78, 5) is 11.6. The van der Waals surface area contributed by atoms with Crippen molar-refractivity contribution in [3.8, 4) is 11.5 Å². The fraction of sp³-hybridized carbons (Fsp3) is 0.259. The Morgan fingerprint density at radius 1 is 0.833 bits per heavy atom. The van der Waals surface area contributed by atoms with E-state index in [1.54, 1.807) is 24.3 Å². The van der Waals surface area contributed by atoms with Gasteiger partial charge in [-0.3, -0.25) is 0 Å². The lowest BCUT2D eigenvalue weighted by Gasteiger charge is -2.18. The van der Waals surface area contributed by atoms with E-state index in [-0.39, 0.29) is 11.4 Å². The second-order valence-electron chi connectivity index (χ2n) is 8.74. The number of fused-ring (bicyclic) bond motifs is 1. The molecule has 0 aliphatic rings. The van der Waals surface area contributed by atoms with Gasteiger partial charge in [0.2, 0.25) is 10.0 Å². The van der Waals surface area contributed by atoms with Crippen molar-refractivity contribution in [3.63, 3.8) is 0 Å². The van der Waals surface area contributed by atoms with Crippen molar-refractivity contribution in [2.45, 2.75) is 17.9 Å². The van der Waals surface area contributed by atoms with Crippen LogP contribution >= 0.6 is 0 Å². The summed E-state index contributed by atoms with van der Waals surface area (Å²) in [5.74, 6) is 2.39. The summed E-state index contributed by atoms with van der Waals surface area (Å²) < 4.78 is 33.5. The van der Waals surface area contributed by atoms with E-state index < -0.39 is 10.0 Å². The van der Waals surface area contributed by atoms with Crippen LogP contribution in [0.1, 0.15) is 12.2 Å². The lowest BCUT2D eigenvalue weighted by atomic mass is 10.2. The molecule has 0 saturated carbocycles. The summed E-state index contributed by atoms with van der Waals surface area (Å²) in [5, 5.41) is 4.30. The summed E-state index contributed by atoms with van der Waals surface area (Å²) in [6.45, 7) is 1.75. The lowest BCUT2D eigenvalue weighted by Crippen LogP contribution is -2.27. The van der Waals surface area contributed by atoms with Gasteiger partial charge in [-0.1, -0.05) is 30.3 Å². The molecule has 0 fully saturated rings. The molecule has 9 heteroatoms. The zero-order valence-electron chi connectivity index (χ0n) is 20.8. The predicted molar refractivity (Wildman–Crippen MR) is 143 cm³/mol. The third-order valence-corrected chi connectivity index (χ3v) is 7.42. The van der Waals surface area contributed by atoms with Crippen LogP contribution in [0.4, 0.5) is 5.82 Å². The highest BCUT2D eigenvalue weighted by Gasteiger charge is 2.22. The van der Waals surface area contributed by atoms with Crippen LogP contribution in [0.2, 0.25) is 0 Å². The Balaban J connectivity index is 1.49. The minimum Gasteiger partial charge on any atom is -0.457 e. The maximum Gasteiger partial charge on any atom is 0.243 e. The minimum atomic E-state index is -3.75. The number of ether oxygens (including phenoxy) is 1. The van der Waals surface area contributed by atoms with Crippen LogP contribution in [-0.2, 0) is 16.6 Å². The molecule has 0 bridgehead atoms. The van der Waals surface area contributed by atoms with Gasteiger partial charge in [-0.15, -0.1) is 0 Å². The van der Waals surface area contributed by atoms with Crippen LogP contribution in [0.15, 0.2) is 83.8 Å².